The third-order valence-corrected chi connectivity index (χ3v) is 5.48. The molecule has 0 spiro atoms. The van der Waals surface area contributed by atoms with Crippen LogP contribution in [-0.2, 0) is 0 Å². The first kappa shape index (κ1) is 19.5. The molecule has 4 heterocycles. The van der Waals surface area contributed by atoms with E-state index in [4.69, 9.17) is 17.3 Å². The molecular formula is C19H18ClFN10. The van der Waals surface area contributed by atoms with Crippen molar-refractivity contribution in [3.8, 4) is 28.5 Å². The van der Waals surface area contributed by atoms with Crippen LogP contribution in [-0.4, -0.2) is 53.0 Å². The summed E-state index contributed by atoms with van der Waals surface area (Å²) in [7, 11) is 0. The molecule has 1 unspecified atom stereocenters. The fourth-order valence-electron chi connectivity index (χ4n) is 3.58. The number of halogens is 2. The molecule has 158 valence electrons. The number of aromatic nitrogens is 8. The molecule has 1 saturated heterocycles. The van der Waals surface area contributed by atoms with Gasteiger partial charge in [-0.05, 0) is 41.9 Å². The van der Waals surface area contributed by atoms with E-state index in [-0.39, 0.29) is 28.0 Å². The van der Waals surface area contributed by atoms with Crippen molar-refractivity contribution < 1.29 is 4.39 Å². The van der Waals surface area contributed by atoms with Gasteiger partial charge in [-0.1, -0.05) is 17.7 Å². The molecule has 3 N–H and O–H groups in total. The maximum Gasteiger partial charge on any atom is 0.209 e. The highest BCUT2D eigenvalue weighted by Gasteiger charge is 2.21. The lowest BCUT2D eigenvalue weighted by molar-refractivity contribution is 0.347. The lowest BCUT2D eigenvalue weighted by Crippen LogP contribution is -2.31. The average molecular weight is 441 g/mol. The van der Waals surface area contributed by atoms with Crippen molar-refractivity contribution in [1.29, 1.82) is 0 Å². The third-order valence-electron chi connectivity index (χ3n) is 5.18. The molecule has 0 saturated carbocycles. The summed E-state index contributed by atoms with van der Waals surface area (Å²) >= 11 is 5.91. The Morgan fingerprint density at radius 2 is 2.16 bits per heavy atom. The molecule has 1 aliphatic heterocycles. The zero-order valence-corrected chi connectivity index (χ0v) is 17.0. The number of nitrogens with two attached hydrogens (primary N) is 1. The number of benzene rings is 1. The number of rotatable bonds is 4. The fourth-order valence-corrected chi connectivity index (χ4v) is 3.75. The van der Waals surface area contributed by atoms with E-state index in [0.717, 1.165) is 31.5 Å². The number of piperidine rings is 1. The molecule has 0 aliphatic carbocycles. The second-order valence-electron chi connectivity index (χ2n) is 7.19. The van der Waals surface area contributed by atoms with Crippen LogP contribution in [0.25, 0.3) is 28.5 Å². The maximum atomic E-state index is 14.6. The minimum Gasteiger partial charge on any atom is -0.382 e. The van der Waals surface area contributed by atoms with Gasteiger partial charge in [0.25, 0.3) is 0 Å². The van der Waals surface area contributed by atoms with Gasteiger partial charge >= 0.3 is 0 Å². The van der Waals surface area contributed by atoms with Crippen LogP contribution in [0.4, 0.5) is 10.2 Å². The van der Waals surface area contributed by atoms with Crippen LogP contribution in [0, 0.1) is 5.82 Å². The lowest BCUT2D eigenvalue weighted by atomic mass is 10.1. The minimum absolute atomic E-state index is 0.0450. The van der Waals surface area contributed by atoms with Gasteiger partial charge in [0.15, 0.2) is 17.3 Å². The van der Waals surface area contributed by atoms with Crippen LogP contribution in [0.2, 0.25) is 5.02 Å². The van der Waals surface area contributed by atoms with E-state index in [1.807, 2.05) is 10.9 Å². The van der Waals surface area contributed by atoms with Crippen molar-refractivity contribution >= 4 is 17.4 Å². The molecule has 12 heteroatoms. The third kappa shape index (κ3) is 3.62. The van der Waals surface area contributed by atoms with Gasteiger partial charge in [-0.2, -0.15) is 9.78 Å². The summed E-state index contributed by atoms with van der Waals surface area (Å²) in [5.74, 6) is -0.384. The predicted molar refractivity (Wildman–Crippen MR) is 112 cm³/mol. The number of tetrazole rings is 1. The van der Waals surface area contributed by atoms with Crippen LogP contribution < -0.4 is 11.1 Å². The highest BCUT2D eigenvalue weighted by molar-refractivity contribution is 6.30. The van der Waals surface area contributed by atoms with Crippen LogP contribution in [0.1, 0.15) is 18.9 Å². The Hall–Kier alpha value is -3.44. The first-order chi connectivity index (χ1) is 15.1. The zero-order valence-electron chi connectivity index (χ0n) is 16.3. The van der Waals surface area contributed by atoms with Gasteiger partial charge in [0, 0.05) is 18.3 Å². The van der Waals surface area contributed by atoms with Gasteiger partial charge < -0.3 is 11.1 Å². The molecule has 1 aromatic carbocycles. The number of anilines is 1. The standard InChI is InChI=1S/C19H18ClFN10/c20-13-4-1-5-15(16(13)21)31-19(27-28-29-31)17-18(22)24-9-14(26-17)11-7-25-30(10-11)12-3-2-6-23-8-12/h1,4-5,7,9-10,12,23H,2-3,6,8H2,(H2,22,24). The SMILES string of the molecule is Nc1ncc(-c2cnn(C3CCCNC3)c2)nc1-c1nnnn1-c1cccc(Cl)c1F. The van der Waals surface area contributed by atoms with E-state index in [9.17, 15) is 4.39 Å². The second-order valence-corrected chi connectivity index (χ2v) is 7.59. The van der Waals surface area contributed by atoms with Crippen LogP contribution in [0.15, 0.2) is 36.8 Å². The molecule has 4 aromatic rings. The summed E-state index contributed by atoms with van der Waals surface area (Å²) in [5.41, 5.74) is 7.72. The van der Waals surface area contributed by atoms with Crippen molar-refractivity contribution in [3.63, 3.8) is 0 Å². The predicted octanol–water partition coefficient (Wildman–Crippen LogP) is 2.28. The molecule has 1 atom stereocenters. The van der Waals surface area contributed by atoms with Crippen molar-refractivity contribution in [2.24, 2.45) is 0 Å². The van der Waals surface area contributed by atoms with Gasteiger partial charge in [0.2, 0.25) is 5.82 Å². The monoisotopic (exact) mass is 440 g/mol. The number of nitrogens with zero attached hydrogens (tertiary/aromatic N) is 8. The normalized spacial score (nSPS) is 16.5. The van der Waals surface area contributed by atoms with Crippen molar-refractivity contribution in [3.05, 3.63) is 47.6 Å². The van der Waals surface area contributed by atoms with E-state index in [1.165, 1.54) is 16.8 Å². The summed E-state index contributed by atoms with van der Waals surface area (Å²) in [6, 6.07) is 4.85. The molecule has 10 nitrogen and oxygen atoms in total. The molecule has 1 fully saturated rings. The van der Waals surface area contributed by atoms with Gasteiger partial charge in [0.05, 0.1) is 29.2 Å². The molecule has 1 aliphatic rings. The van der Waals surface area contributed by atoms with Crippen molar-refractivity contribution in [2.75, 3.05) is 18.8 Å². The maximum absolute atomic E-state index is 14.6. The summed E-state index contributed by atoms with van der Waals surface area (Å²) in [4.78, 5) is 8.85. The highest BCUT2D eigenvalue weighted by Crippen LogP contribution is 2.28. The van der Waals surface area contributed by atoms with E-state index in [1.54, 1.807) is 18.5 Å². The Balaban J connectivity index is 1.53. The Bertz CT molecular complexity index is 1230. The van der Waals surface area contributed by atoms with E-state index < -0.39 is 5.82 Å². The molecule has 0 bridgehead atoms. The highest BCUT2D eigenvalue weighted by atomic mass is 35.5. The van der Waals surface area contributed by atoms with Crippen molar-refractivity contribution in [2.45, 2.75) is 18.9 Å². The second kappa shape index (κ2) is 8.00. The lowest BCUT2D eigenvalue weighted by Gasteiger charge is -2.22. The Morgan fingerprint density at radius 3 is 3.00 bits per heavy atom. The van der Waals surface area contributed by atoms with Crippen LogP contribution in [0.3, 0.4) is 0 Å². The number of hydrogen-bond acceptors (Lipinski definition) is 8. The van der Waals surface area contributed by atoms with Gasteiger partial charge in [0.1, 0.15) is 5.69 Å². The zero-order chi connectivity index (χ0) is 21.4. The summed E-state index contributed by atoms with van der Waals surface area (Å²) < 4.78 is 17.7. The summed E-state index contributed by atoms with van der Waals surface area (Å²) in [6.45, 7) is 1.90. The smallest absolute Gasteiger partial charge is 0.209 e. The molecule has 3 aromatic heterocycles. The van der Waals surface area contributed by atoms with Gasteiger partial charge in [-0.15, -0.1) is 5.10 Å². The van der Waals surface area contributed by atoms with E-state index in [0.29, 0.717) is 11.7 Å². The van der Waals surface area contributed by atoms with E-state index >= 15 is 0 Å². The number of nitrogens with one attached hydrogen (secondary N) is 1. The first-order valence-corrected chi connectivity index (χ1v) is 10.1. The summed E-state index contributed by atoms with van der Waals surface area (Å²) in [6.07, 6.45) is 7.40. The average Bonchev–Trinajstić information content (AvgIpc) is 3.47. The van der Waals surface area contributed by atoms with E-state index in [2.05, 4.69) is 35.9 Å². The largest absolute Gasteiger partial charge is 0.382 e. The topological polar surface area (TPSA) is 125 Å². The Labute approximate surface area is 181 Å². The minimum atomic E-state index is -0.650. The molecule has 0 amide bonds. The van der Waals surface area contributed by atoms with Crippen LogP contribution in [0.5, 0.6) is 0 Å². The Morgan fingerprint density at radius 1 is 1.26 bits per heavy atom. The number of hydrogen-bond donors (Lipinski definition) is 2. The molecule has 31 heavy (non-hydrogen) atoms. The molecule has 0 radical (unpaired) electrons. The van der Waals surface area contributed by atoms with Gasteiger partial charge in [-0.3, -0.25) is 4.68 Å². The van der Waals surface area contributed by atoms with Gasteiger partial charge in [-0.25, -0.2) is 14.4 Å². The van der Waals surface area contributed by atoms with Crippen molar-refractivity contribution in [1.82, 2.24) is 45.3 Å². The number of nitrogen functional groups attached to an aromatic ring is 1. The quantitative estimate of drug-likeness (QED) is 0.495. The fraction of sp³-hybridized carbons (Fsp3) is 0.263. The van der Waals surface area contributed by atoms with Crippen LogP contribution >= 0.6 is 11.6 Å². The summed E-state index contributed by atoms with van der Waals surface area (Å²) in [5, 5.41) is 19.4. The molecule has 5 rings (SSSR count). The first-order valence-electron chi connectivity index (χ1n) is 9.72. The molecular weight excluding hydrogens is 423 g/mol. The Kier molecular flexibility index (Phi) is 5.04.